The van der Waals surface area contributed by atoms with Crippen molar-refractivity contribution in [2.24, 2.45) is 5.92 Å². The van der Waals surface area contributed by atoms with Gasteiger partial charge in [-0.15, -0.1) is 0 Å². The third-order valence-electron chi connectivity index (χ3n) is 4.72. The summed E-state index contributed by atoms with van der Waals surface area (Å²) in [5.74, 6) is -0.0586. The van der Waals surface area contributed by atoms with Gasteiger partial charge in [0.05, 0.1) is 0 Å². The standard InChI is InChI=1S/C15H18N4O3/c1-18-7-9-3-2-6-19(11(9)8-18)14(20)10-4-5-12-13(16-10)17-15(21)22-12/h4-5,9,11H,2-3,6-8H2,1H3,(H,16,17,21)/t9-,11+/m0/s1. The van der Waals surface area contributed by atoms with Crippen molar-refractivity contribution < 1.29 is 9.21 Å². The Labute approximate surface area is 126 Å². The highest BCUT2D eigenvalue weighted by molar-refractivity contribution is 5.94. The Kier molecular flexibility index (Phi) is 3.04. The van der Waals surface area contributed by atoms with Crippen LogP contribution in [0.2, 0.25) is 0 Å². The summed E-state index contributed by atoms with van der Waals surface area (Å²) >= 11 is 0. The minimum atomic E-state index is -0.553. The summed E-state index contributed by atoms with van der Waals surface area (Å²) in [6, 6.07) is 3.52. The number of likely N-dealkylation sites (tertiary alicyclic amines) is 2. The number of fused-ring (bicyclic) bond motifs is 2. The molecule has 7 nitrogen and oxygen atoms in total. The van der Waals surface area contributed by atoms with Gasteiger partial charge in [0.25, 0.3) is 5.91 Å². The number of nitrogens with one attached hydrogen (secondary N) is 1. The maximum atomic E-state index is 12.8. The first-order valence-electron chi connectivity index (χ1n) is 7.61. The van der Waals surface area contributed by atoms with E-state index in [9.17, 15) is 9.59 Å². The van der Waals surface area contributed by atoms with Gasteiger partial charge in [-0.05, 0) is 37.9 Å². The van der Waals surface area contributed by atoms with Crippen LogP contribution in [0.15, 0.2) is 21.3 Å². The summed E-state index contributed by atoms with van der Waals surface area (Å²) in [5.41, 5.74) is 1.06. The molecule has 2 aliphatic heterocycles. The third kappa shape index (κ3) is 2.12. The molecule has 0 aliphatic carbocycles. The van der Waals surface area contributed by atoms with Crippen LogP contribution in [0, 0.1) is 5.92 Å². The normalized spacial score (nSPS) is 25.6. The predicted molar refractivity (Wildman–Crippen MR) is 79.7 cm³/mol. The lowest BCUT2D eigenvalue weighted by Crippen LogP contribution is -2.48. The van der Waals surface area contributed by atoms with Gasteiger partial charge in [0.15, 0.2) is 11.2 Å². The molecule has 0 bridgehead atoms. The SMILES string of the molecule is CN1C[C@@H]2CCCN(C(=O)c3ccc4oc(=O)[nH]c4n3)[C@@H]2C1. The molecule has 2 saturated heterocycles. The average molecular weight is 302 g/mol. The molecular formula is C15H18N4O3. The van der Waals surface area contributed by atoms with E-state index in [0.29, 0.717) is 22.8 Å². The number of aromatic nitrogens is 2. The fraction of sp³-hybridized carbons (Fsp3) is 0.533. The van der Waals surface area contributed by atoms with Gasteiger partial charge in [-0.25, -0.2) is 9.78 Å². The first-order valence-corrected chi connectivity index (χ1v) is 7.61. The van der Waals surface area contributed by atoms with Gasteiger partial charge in [0.2, 0.25) is 0 Å². The van der Waals surface area contributed by atoms with E-state index in [0.717, 1.165) is 26.1 Å². The van der Waals surface area contributed by atoms with E-state index in [1.54, 1.807) is 12.1 Å². The minimum Gasteiger partial charge on any atom is -0.406 e. The number of carbonyl (C=O) groups is 1. The van der Waals surface area contributed by atoms with Gasteiger partial charge in [-0.3, -0.25) is 9.78 Å². The van der Waals surface area contributed by atoms with E-state index < -0.39 is 5.76 Å². The lowest BCUT2D eigenvalue weighted by Gasteiger charge is -2.36. The first kappa shape index (κ1) is 13.5. The van der Waals surface area contributed by atoms with Crippen molar-refractivity contribution >= 4 is 17.1 Å². The molecule has 116 valence electrons. The zero-order chi connectivity index (χ0) is 15.3. The van der Waals surface area contributed by atoms with Crippen LogP contribution in [0.1, 0.15) is 23.3 Å². The molecule has 2 aromatic heterocycles. The quantitative estimate of drug-likeness (QED) is 0.838. The van der Waals surface area contributed by atoms with Gasteiger partial charge in [0, 0.05) is 25.7 Å². The summed E-state index contributed by atoms with van der Waals surface area (Å²) in [6.07, 6.45) is 2.21. The number of rotatable bonds is 1. The van der Waals surface area contributed by atoms with Crippen LogP contribution in [-0.4, -0.2) is 58.4 Å². The fourth-order valence-corrected chi connectivity index (χ4v) is 3.75. The molecule has 1 N–H and O–H groups in total. The molecule has 0 spiro atoms. The number of hydrogen-bond acceptors (Lipinski definition) is 5. The maximum Gasteiger partial charge on any atom is 0.418 e. The van der Waals surface area contributed by atoms with E-state index in [2.05, 4.69) is 21.9 Å². The molecule has 4 heterocycles. The molecule has 2 fully saturated rings. The number of H-pyrrole nitrogens is 1. The second-order valence-electron chi connectivity index (χ2n) is 6.25. The summed E-state index contributed by atoms with van der Waals surface area (Å²) in [6.45, 7) is 2.74. The second-order valence-corrected chi connectivity index (χ2v) is 6.25. The molecular weight excluding hydrogens is 284 g/mol. The smallest absolute Gasteiger partial charge is 0.406 e. The number of piperidine rings is 1. The van der Waals surface area contributed by atoms with Crippen LogP contribution in [0.4, 0.5) is 0 Å². The van der Waals surface area contributed by atoms with Gasteiger partial charge in [0.1, 0.15) is 5.69 Å². The summed E-state index contributed by atoms with van der Waals surface area (Å²) in [7, 11) is 2.10. The Morgan fingerprint density at radius 2 is 2.27 bits per heavy atom. The summed E-state index contributed by atoms with van der Waals surface area (Å²) in [4.78, 5) is 35.0. The highest BCUT2D eigenvalue weighted by Gasteiger charge is 2.40. The first-order chi connectivity index (χ1) is 10.6. The van der Waals surface area contributed by atoms with Gasteiger partial charge in [-0.2, -0.15) is 0 Å². The van der Waals surface area contributed by atoms with Crippen LogP contribution >= 0.6 is 0 Å². The van der Waals surface area contributed by atoms with Gasteiger partial charge in [-0.1, -0.05) is 0 Å². The van der Waals surface area contributed by atoms with Crippen LogP contribution in [0.25, 0.3) is 11.2 Å². The van der Waals surface area contributed by atoms with Crippen LogP contribution in [-0.2, 0) is 0 Å². The number of oxazole rings is 1. The Hall–Kier alpha value is -2.15. The number of hydrogen-bond donors (Lipinski definition) is 1. The van der Waals surface area contributed by atoms with Gasteiger partial charge >= 0.3 is 5.76 Å². The largest absolute Gasteiger partial charge is 0.418 e. The number of carbonyl (C=O) groups excluding carboxylic acids is 1. The predicted octanol–water partition coefficient (Wildman–Crippen LogP) is 0.682. The molecule has 0 radical (unpaired) electrons. The Bertz CT molecular complexity index is 780. The van der Waals surface area contributed by atoms with Crippen molar-refractivity contribution in [1.82, 2.24) is 19.8 Å². The third-order valence-corrected chi connectivity index (χ3v) is 4.72. The fourth-order valence-electron chi connectivity index (χ4n) is 3.75. The molecule has 2 aromatic rings. The van der Waals surface area contributed by atoms with Crippen molar-refractivity contribution in [3.05, 3.63) is 28.4 Å². The molecule has 0 unspecified atom stereocenters. The van der Waals surface area contributed by atoms with Crippen molar-refractivity contribution in [3.8, 4) is 0 Å². The number of amides is 1. The number of pyridine rings is 1. The Balaban J connectivity index is 1.65. The van der Waals surface area contributed by atoms with E-state index in [-0.39, 0.29) is 11.9 Å². The molecule has 2 atom stereocenters. The molecule has 0 saturated carbocycles. The summed E-state index contributed by atoms with van der Waals surface area (Å²) in [5, 5.41) is 0. The lowest BCUT2D eigenvalue weighted by atomic mass is 9.92. The number of aromatic amines is 1. The van der Waals surface area contributed by atoms with Crippen LogP contribution in [0.3, 0.4) is 0 Å². The molecule has 4 rings (SSSR count). The van der Waals surface area contributed by atoms with Crippen molar-refractivity contribution in [2.45, 2.75) is 18.9 Å². The zero-order valence-corrected chi connectivity index (χ0v) is 12.4. The number of nitrogens with zero attached hydrogens (tertiary/aromatic N) is 3. The lowest BCUT2D eigenvalue weighted by molar-refractivity contribution is 0.0566. The molecule has 2 aliphatic rings. The molecule has 7 heteroatoms. The van der Waals surface area contributed by atoms with Gasteiger partial charge < -0.3 is 14.2 Å². The number of likely N-dealkylation sites (N-methyl/N-ethyl adjacent to an activating group) is 1. The Morgan fingerprint density at radius 3 is 3.14 bits per heavy atom. The van der Waals surface area contributed by atoms with E-state index >= 15 is 0 Å². The summed E-state index contributed by atoms with van der Waals surface area (Å²) < 4.78 is 4.93. The average Bonchev–Trinajstić information content (AvgIpc) is 3.05. The van der Waals surface area contributed by atoms with E-state index in [1.165, 1.54) is 6.42 Å². The molecule has 22 heavy (non-hydrogen) atoms. The highest BCUT2D eigenvalue weighted by atomic mass is 16.4. The van der Waals surface area contributed by atoms with E-state index in [4.69, 9.17) is 4.42 Å². The molecule has 0 aromatic carbocycles. The maximum absolute atomic E-state index is 12.8. The zero-order valence-electron chi connectivity index (χ0n) is 12.4. The highest BCUT2D eigenvalue weighted by Crippen LogP contribution is 2.30. The monoisotopic (exact) mass is 302 g/mol. The van der Waals surface area contributed by atoms with E-state index in [1.807, 2.05) is 4.90 Å². The minimum absolute atomic E-state index is 0.0612. The molecule has 1 amide bonds. The van der Waals surface area contributed by atoms with Crippen molar-refractivity contribution in [2.75, 3.05) is 26.7 Å². The van der Waals surface area contributed by atoms with Crippen molar-refractivity contribution in [3.63, 3.8) is 0 Å². The van der Waals surface area contributed by atoms with Crippen molar-refractivity contribution in [1.29, 1.82) is 0 Å². The topological polar surface area (TPSA) is 82.4 Å². The van der Waals surface area contributed by atoms with Crippen LogP contribution in [0.5, 0.6) is 0 Å². The van der Waals surface area contributed by atoms with Crippen LogP contribution < -0.4 is 5.76 Å². The second kappa shape index (κ2) is 4.95. The Morgan fingerprint density at radius 1 is 1.41 bits per heavy atom.